The van der Waals surface area contributed by atoms with Gasteiger partial charge in [-0.3, -0.25) is 29.4 Å². The highest BCUT2D eigenvalue weighted by Crippen LogP contribution is 2.43. The second-order valence-electron chi connectivity index (χ2n) is 20.7. The Kier molecular flexibility index (Phi) is 20.0. The van der Waals surface area contributed by atoms with Crippen molar-refractivity contribution >= 4 is 50.8 Å². The Labute approximate surface area is 441 Å². The first-order chi connectivity index (χ1) is 36.4. The van der Waals surface area contributed by atoms with Gasteiger partial charge in [0.1, 0.15) is 34.2 Å². The fraction of sp³-hybridized carbons (Fsp3) is 0.667. The van der Waals surface area contributed by atoms with Gasteiger partial charge in [0.15, 0.2) is 11.9 Å². The first-order valence-corrected chi connectivity index (χ1v) is 26.2. The number of fused-ring (bicyclic) bond motifs is 3. The number of hydrogen-bond donors (Lipinski definition) is 9. The minimum atomic E-state index is -0.494. The number of nitrogens with one attached hydrogen (secondary N) is 4. The van der Waals surface area contributed by atoms with E-state index in [0.717, 1.165) is 60.4 Å². The van der Waals surface area contributed by atoms with Crippen LogP contribution in [0.3, 0.4) is 0 Å². The zero-order chi connectivity index (χ0) is 55.0. The number of β-amino-alcohol motifs (C(OH)–C–C–N with tert-alkyl or cyclic N) is 1. The van der Waals surface area contributed by atoms with Gasteiger partial charge in [-0.15, -0.1) is 0 Å². The van der Waals surface area contributed by atoms with Gasteiger partial charge in [-0.2, -0.15) is 5.10 Å². The monoisotopic (exact) mass is 1060 g/mol. The van der Waals surface area contributed by atoms with Crippen molar-refractivity contribution in [3.05, 3.63) is 56.8 Å². The predicted octanol–water partition coefficient (Wildman–Crippen LogP) is 2.92. The summed E-state index contributed by atoms with van der Waals surface area (Å²) >= 11 is 0. The molecule has 4 saturated heterocycles. The number of anilines is 3. The van der Waals surface area contributed by atoms with E-state index in [0.29, 0.717) is 96.4 Å². The first kappa shape index (κ1) is 58.1. The number of aliphatic hydroxyl groups is 2. The number of aliphatic hydroxyl groups excluding tert-OH is 2. The normalized spacial score (nSPS) is 29.3. The molecule has 25 nitrogen and oxygen atoms in total. The van der Waals surface area contributed by atoms with E-state index >= 15 is 0 Å². The lowest BCUT2D eigenvalue weighted by Gasteiger charge is -2.43. The highest BCUT2D eigenvalue weighted by molar-refractivity contribution is 5.84. The lowest BCUT2D eigenvalue weighted by atomic mass is 9.75. The van der Waals surface area contributed by atoms with E-state index in [9.17, 15) is 19.8 Å². The number of nitrogen functional groups attached to an aromatic ring is 3. The number of nitrogens with zero attached hydrogens (tertiary/aromatic N) is 8. The molecule has 4 aliphatic heterocycles. The Bertz CT molecular complexity index is 2880. The number of rotatable bonds is 11. The molecule has 420 valence electrons. The molecule has 11 rings (SSSR count). The highest BCUT2D eigenvalue weighted by atomic mass is 16.7. The standard InChI is InChI=1S/C13H19N5O3.C12H17N5O3.C12H17N5O.C7H14O2.C7H14O/c1-21-9-5-18(4-8(9)6-19)3-7-2-15-11-10(7)16-13(14)17-12(11)20;1-20-8-5-17(4-7(8)18)3-6-2-14-10-9(6)15-12(13)16-11(10)19;1-3-7-9(4-10(7)18-2)17-12-8(5-16-17)11(13)14-6-15-12;1-5-4-7(8-3)9-6(5)2;1-5-4-6(2)8-7(5)3/h2,8-9,15,19H,3-6H2,1H3,(H3,14,16,17,20);2,7-8,14,18H,3-5H2,1H3,(H3,13,15,16,19);5-7,9-10H,3-4H2,1-2H3,(H2,13,14,15);5-7H,4H2,1-3H3;5-7H,4H2,1-3H3/t;;7-,9?,10?;;/m..0../s1. The highest BCUT2D eigenvalue weighted by Gasteiger charge is 2.42. The molecule has 1 aliphatic carbocycles. The second-order valence-corrected chi connectivity index (χ2v) is 20.7. The van der Waals surface area contributed by atoms with Crippen molar-refractivity contribution in [3.8, 4) is 0 Å². The molecule has 12 unspecified atom stereocenters. The zero-order valence-corrected chi connectivity index (χ0v) is 45.6. The lowest BCUT2D eigenvalue weighted by molar-refractivity contribution is -0.111. The minimum absolute atomic E-state index is 0.0293. The quantitative estimate of drug-likeness (QED) is 0.0900. The summed E-state index contributed by atoms with van der Waals surface area (Å²) in [6, 6.07) is 0.353. The topological polar surface area (TPSA) is 347 Å². The Morgan fingerprint density at radius 2 is 1.29 bits per heavy atom. The van der Waals surface area contributed by atoms with E-state index in [-0.39, 0.29) is 54.0 Å². The van der Waals surface area contributed by atoms with Crippen molar-refractivity contribution in [1.82, 2.24) is 59.5 Å². The van der Waals surface area contributed by atoms with Crippen molar-refractivity contribution < 1.29 is 38.6 Å². The van der Waals surface area contributed by atoms with Crippen LogP contribution in [-0.2, 0) is 41.5 Å². The summed E-state index contributed by atoms with van der Waals surface area (Å²) in [4.78, 5) is 55.1. The molecule has 12 N–H and O–H groups in total. The van der Waals surface area contributed by atoms with Gasteiger partial charge in [0.25, 0.3) is 11.1 Å². The van der Waals surface area contributed by atoms with Crippen LogP contribution in [0, 0.1) is 23.7 Å². The molecule has 0 amide bonds. The minimum Gasteiger partial charge on any atom is -0.396 e. The molecule has 1 saturated carbocycles. The fourth-order valence-electron chi connectivity index (χ4n) is 10.8. The average molecular weight is 1060 g/mol. The van der Waals surface area contributed by atoms with E-state index in [1.807, 2.05) is 4.68 Å². The van der Waals surface area contributed by atoms with Gasteiger partial charge in [0.05, 0.1) is 60.4 Å². The molecule has 25 heteroatoms. The molecule has 0 radical (unpaired) electrons. The van der Waals surface area contributed by atoms with E-state index in [1.165, 1.54) is 12.7 Å². The van der Waals surface area contributed by atoms with Crippen LogP contribution in [0.2, 0.25) is 0 Å². The molecule has 0 aromatic carbocycles. The Morgan fingerprint density at radius 1 is 0.724 bits per heavy atom. The van der Waals surface area contributed by atoms with Crippen molar-refractivity contribution in [3.63, 3.8) is 0 Å². The number of aromatic amines is 4. The van der Waals surface area contributed by atoms with Gasteiger partial charge in [-0.1, -0.05) is 20.8 Å². The van der Waals surface area contributed by atoms with Gasteiger partial charge in [-0.05, 0) is 51.9 Å². The van der Waals surface area contributed by atoms with Gasteiger partial charge < -0.3 is 65.8 Å². The van der Waals surface area contributed by atoms with Gasteiger partial charge in [0.2, 0.25) is 11.9 Å². The van der Waals surface area contributed by atoms with Crippen LogP contribution < -0.4 is 28.3 Å². The maximum absolute atomic E-state index is 11.8. The Morgan fingerprint density at radius 3 is 1.74 bits per heavy atom. The third-order valence-electron chi connectivity index (χ3n) is 15.6. The maximum atomic E-state index is 11.8. The summed E-state index contributed by atoms with van der Waals surface area (Å²) in [5.74, 6) is 2.72. The molecule has 6 aromatic rings. The van der Waals surface area contributed by atoms with E-state index in [2.05, 4.69) is 96.3 Å². The summed E-state index contributed by atoms with van der Waals surface area (Å²) in [7, 11) is 6.70. The van der Waals surface area contributed by atoms with Crippen LogP contribution in [0.4, 0.5) is 17.7 Å². The van der Waals surface area contributed by atoms with Crippen LogP contribution >= 0.6 is 0 Å². The largest absolute Gasteiger partial charge is 0.396 e. The predicted molar refractivity (Wildman–Crippen MR) is 288 cm³/mol. The van der Waals surface area contributed by atoms with Gasteiger partial charge in [0, 0.05) is 116 Å². The zero-order valence-electron chi connectivity index (χ0n) is 45.6. The molecule has 0 spiro atoms. The molecule has 6 aromatic heterocycles. The second kappa shape index (κ2) is 26.2. The first-order valence-electron chi connectivity index (χ1n) is 26.2. The number of ether oxygens (including phenoxy) is 6. The summed E-state index contributed by atoms with van der Waals surface area (Å²) < 4.78 is 33.9. The van der Waals surface area contributed by atoms with Crippen LogP contribution in [0.1, 0.15) is 84.4 Å². The molecule has 5 fully saturated rings. The van der Waals surface area contributed by atoms with Crippen LogP contribution in [-0.4, -0.2) is 180 Å². The Balaban J connectivity index is 0.000000144. The molecule has 76 heavy (non-hydrogen) atoms. The summed E-state index contributed by atoms with van der Waals surface area (Å²) in [5.41, 5.74) is 21.1. The molecule has 13 atom stereocenters. The third kappa shape index (κ3) is 13.6. The van der Waals surface area contributed by atoms with Crippen molar-refractivity contribution in [2.45, 2.75) is 135 Å². The fourth-order valence-corrected chi connectivity index (χ4v) is 10.8. The molecular formula is C51H81N15O10. The maximum Gasteiger partial charge on any atom is 0.276 e. The van der Waals surface area contributed by atoms with Crippen LogP contribution in [0.5, 0.6) is 0 Å². The third-order valence-corrected chi connectivity index (χ3v) is 15.6. The number of likely N-dealkylation sites (tertiary alicyclic amines) is 2. The molecule has 0 bridgehead atoms. The number of H-pyrrole nitrogens is 4. The van der Waals surface area contributed by atoms with Crippen LogP contribution in [0.15, 0.2) is 34.5 Å². The SMILES string of the molecule is CC1CC(C)C(C)O1.CC[C@@H]1C(OC)CC1n1ncc2c(N)ncnc21.COC1CC(C)C(C)O1.COC1CN(Cc2c[nH]c3c(=O)[nH]c(N)nc23)CC1CO.COC1CN(Cc2c[nH]c3c(=O)[nH]c(N)nc23)CC1O. The molecule has 10 heterocycles. The molecular weight excluding hydrogens is 983 g/mol. The van der Waals surface area contributed by atoms with Crippen molar-refractivity contribution in [1.29, 1.82) is 0 Å². The smallest absolute Gasteiger partial charge is 0.276 e. The van der Waals surface area contributed by atoms with Gasteiger partial charge >= 0.3 is 0 Å². The molecule has 5 aliphatic rings. The van der Waals surface area contributed by atoms with Gasteiger partial charge in [-0.25, -0.2) is 24.6 Å². The van der Waals surface area contributed by atoms with Crippen molar-refractivity contribution in [2.24, 2.45) is 23.7 Å². The summed E-state index contributed by atoms with van der Waals surface area (Å²) in [5, 5.41) is 24.4. The number of hydrogen-bond acceptors (Lipinski definition) is 20. The van der Waals surface area contributed by atoms with Crippen molar-refractivity contribution in [2.75, 3.05) is 78.4 Å². The number of aromatic nitrogens is 10. The summed E-state index contributed by atoms with van der Waals surface area (Å²) in [6.07, 6.45) is 12.2. The van der Waals surface area contributed by atoms with Crippen LogP contribution in [0.25, 0.3) is 33.1 Å². The average Bonchev–Trinajstić information content (AvgIpc) is 4.28. The van der Waals surface area contributed by atoms with E-state index in [1.54, 1.807) is 47.0 Å². The Hall–Kier alpha value is -5.61. The number of nitrogens with two attached hydrogens (primary N) is 3. The number of methoxy groups -OCH3 is 4. The van der Waals surface area contributed by atoms with E-state index in [4.69, 9.17) is 45.6 Å². The summed E-state index contributed by atoms with van der Waals surface area (Å²) in [6.45, 7) is 17.0. The lowest BCUT2D eigenvalue weighted by Crippen LogP contribution is -2.43. The van der Waals surface area contributed by atoms with E-state index < -0.39 is 6.10 Å².